The largest absolute Gasteiger partial charge is 0.370 e. The van der Waals surface area contributed by atoms with E-state index in [0.29, 0.717) is 12.5 Å². The van der Waals surface area contributed by atoms with Crippen molar-refractivity contribution in [3.05, 3.63) is 29.8 Å². The molecule has 128 valence electrons. The molecule has 7 heteroatoms. The van der Waals surface area contributed by atoms with E-state index in [-0.39, 0.29) is 24.0 Å². The Hall–Kier alpha value is -0.280. The molecule has 1 aromatic rings. The number of guanidine groups is 1. The molecule has 2 fully saturated rings. The smallest absolute Gasteiger partial charge is 0.191 e. The SMILES string of the molecule is I.NC(=NCc1ccc(N2CCSCC2)cc1)N1CCSCC1. The maximum Gasteiger partial charge on any atom is 0.191 e. The van der Waals surface area contributed by atoms with Crippen molar-refractivity contribution in [2.24, 2.45) is 10.7 Å². The topological polar surface area (TPSA) is 44.9 Å². The Morgan fingerprint density at radius 2 is 1.52 bits per heavy atom. The van der Waals surface area contributed by atoms with Crippen LogP contribution >= 0.6 is 47.5 Å². The van der Waals surface area contributed by atoms with Crippen molar-refractivity contribution in [1.29, 1.82) is 0 Å². The summed E-state index contributed by atoms with van der Waals surface area (Å²) in [4.78, 5) is 9.21. The zero-order valence-corrected chi connectivity index (χ0v) is 17.3. The van der Waals surface area contributed by atoms with E-state index in [1.807, 2.05) is 23.5 Å². The van der Waals surface area contributed by atoms with Crippen LogP contribution < -0.4 is 10.6 Å². The summed E-state index contributed by atoms with van der Waals surface area (Å²) >= 11 is 4.03. The summed E-state index contributed by atoms with van der Waals surface area (Å²) in [5.41, 5.74) is 8.65. The Bertz CT molecular complexity index is 497. The van der Waals surface area contributed by atoms with E-state index in [9.17, 15) is 0 Å². The van der Waals surface area contributed by atoms with Crippen molar-refractivity contribution in [1.82, 2.24) is 4.90 Å². The highest BCUT2D eigenvalue weighted by Gasteiger charge is 2.12. The first-order valence-corrected chi connectivity index (χ1v) is 10.2. The highest BCUT2D eigenvalue weighted by atomic mass is 127. The number of hydrogen-bond acceptors (Lipinski definition) is 4. The number of nitrogens with zero attached hydrogens (tertiary/aromatic N) is 3. The minimum Gasteiger partial charge on any atom is -0.370 e. The molecule has 23 heavy (non-hydrogen) atoms. The molecule has 0 bridgehead atoms. The van der Waals surface area contributed by atoms with Gasteiger partial charge in [-0.1, -0.05) is 12.1 Å². The van der Waals surface area contributed by atoms with Crippen LogP contribution in [0.25, 0.3) is 0 Å². The summed E-state index contributed by atoms with van der Waals surface area (Å²) < 4.78 is 0. The fraction of sp³-hybridized carbons (Fsp3) is 0.562. The molecule has 0 amide bonds. The predicted molar refractivity (Wildman–Crippen MR) is 116 cm³/mol. The van der Waals surface area contributed by atoms with Gasteiger partial charge in [-0.2, -0.15) is 23.5 Å². The average Bonchev–Trinajstić information content (AvgIpc) is 2.61. The van der Waals surface area contributed by atoms with Gasteiger partial charge in [-0.25, -0.2) is 4.99 Å². The third-order valence-corrected chi connectivity index (χ3v) is 5.96. The average molecular weight is 464 g/mol. The van der Waals surface area contributed by atoms with Crippen molar-refractivity contribution in [3.63, 3.8) is 0 Å². The van der Waals surface area contributed by atoms with E-state index in [4.69, 9.17) is 5.73 Å². The van der Waals surface area contributed by atoms with E-state index >= 15 is 0 Å². The highest BCUT2D eigenvalue weighted by Crippen LogP contribution is 2.20. The molecule has 0 spiro atoms. The second-order valence-corrected chi connectivity index (χ2v) is 7.99. The van der Waals surface area contributed by atoms with Crippen LogP contribution in [-0.4, -0.2) is 60.0 Å². The van der Waals surface area contributed by atoms with Crippen LogP contribution in [0.2, 0.25) is 0 Å². The number of anilines is 1. The molecule has 4 nitrogen and oxygen atoms in total. The van der Waals surface area contributed by atoms with Crippen molar-refractivity contribution >= 4 is 59.1 Å². The third-order valence-electron chi connectivity index (χ3n) is 4.07. The van der Waals surface area contributed by atoms with Gasteiger partial charge in [0.15, 0.2) is 5.96 Å². The van der Waals surface area contributed by atoms with Crippen molar-refractivity contribution in [3.8, 4) is 0 Å². The summed E-state index contributed by atoms with van der Waals surface area (Å²) in [6.45, 7) is 5.02. The van der Waals surface area contributed by atoms with Crippen LogP contribution in [0.5, 0.6) is 0 Å². The van der Waals surface area contributed by atoms with Gasteiger partial charge >= 0.3 is 0 Å². The summed E-state index contributed by atoms with van der Waals surface area (Å²) in [7, 11) is 0. The predicted octanol–water partition coefficient (Wildman–Crippen LogP) is 2.72. The van der Waals surface area contributed by atoms with Gasteiger partial charge in [-0.05, 0) is 17.7 Å². The molecule has 0 saturated carbocycles. The van der Waals surface area contributed by atoms with Crippen LogP contribution in [0.4, 0.5) is 5.69 Å². The fourth-order valence-electron chi connectivity index (χ4n) is 2.70. The third kappa shape index (κ3) is 5.63. The van der Waals surface area contributed by atoms with Gasteiger partial charge in [0.25, 0.3) is 0 Å². The summed E-state index contributed by atoms with van der Waals surface area (Å²) in [5.74, 6) is 5.46. The van der Waals surface area contributed by atoms with E-state index < -0.39 is 0 Å². The van der Waals surface area contributed by atoms with Gasteiger partial charge in [-0.15, -0.1) is 24.0 Å². The minimum atomic E-state index is 0. The molecule has 2 heterocycles. The van der Waals surface area contributed by atoms with Crippen LogP contribution in [0, 0.1) is 0 Å². The normalized spacial score (nSPS) is 19.4. The first kappa shape index (κ1) is 19.1. The van der Waals surface area contributed by atoms with Crippen molar-refractivity contribution < 1.29 is 0 Å². The Kier molecular flexibility index (Phi) is 8.18. The van der Waals surface area contributed by atoms with Gasteiger partial charge in [0, 0.05) is 54.9 Å². The maximum atomic E-state index is 6.10. The van der Waals surface area contributed by atoms with Gasteiger partial charge in [0.2, 0.25) is 0 Å². The zero-order chi connectivity index (χ0) is 15.2. The molecule has 2 saturated heterocycles. The number of aliphatic imine (C=N–C) groups is 1. The lowest BCUT2D eigenvalue weighted by atomic mass is 10.2. The van der Waals surface area contributed by atoms with Crippen LogP contribution in [0.1, 0.15) is 5.56 Å². The van der Waals surface area contributed by atoms with Gasteiger partial charge in [-0.3, -0.25) is 0 Å². The number of rotatable bonds is 3. The molecule has 1 aromatic carbocycles. The molecular weight excluding hydrogens is 439 g/mol. The maximum absolute atomic E-state index is 6.10. The van der Waals surface area contributed by atoms with E-state index in [0.717, 1.165) is 37.7 Å². The number of benzene rings is 1. The van der Waals surface area contributed by atoms with Gasteiger partial charge in [0.1, 0.15) is 0 Å². The molecule has 0 radical (unpaired) electrons. The zero-order valence-electron chi connectivity index (χ0n) is 13.3. The quantitative estimate of drug-likeness (QED) is 0.424. The Labute approximate surface area is 164 Å². The molecule has 0 unspecified atom stereocenters. The summed E-state index contributed by atoms with van der Waals surface area (Å²) in [6.07, 6.45) is 0. The number of hydrogen-bond donors (Lipinski definition) is 1. The number of thioether (sulfide) groups is 2. The van der Waals surface area contributed by atoms with Crippen molar-refractivity contribution in [2.75, 3.05) is 54.1 Å². The van der Waals surface area contributed by atoms with Gasteiger partial charge < -0.3 is 15.5 Å². The number of nitrogens with two attached hydrogens (primary N) is 1. The Morgan fingerprint density at radius 1 is 0.957 bits per heavy atom. The number of halogens is 1. The highest BCUT2D eigenvalue weighted by molar-refractivity contribution is 14.0. The Balaban J connectivity index is 0.00000192. The van der Waals surface area contributed by atoms with Crippen molar-refractivity contribution in [2.45, 2.75) is 6.54 Å². The lowest BCUT2D eigenvalue weighted by molar-refractivity contribution is 0.455. The minimum absolute atomic E-state index is 0. The first-order valence-electron chi connectivity index (χ1n) is 7.87. The second-order valence-electron chi connectivity index (χ2n) is 5.54. The van der Waals surface area contributed by atoms with Gasteiger partial charge in [0.05, 0.1) is 6.54 Å². The molecule has 3 rings (SSSR count). The molecule has 2 aliphatic heterocycles. The van der Waals surface area contributed by atoms with E-state index in [1.54, 1.807) is 0 Å². The monoisotopic (exact) mass is 464 g/mol. The molecule has 0 atom stereocenters. The molecule has 0 aliphatic carbocycles. The lowest BCUT2D eigenvalue weighted by Gasteiger charge is -2.28. The summed E-state index contributed by atoms with van der Waals surface area (Å²) in [6, 6.07) is 8.79. The van der Waals surface area contributed by atoms with E-state index in [2.05, 4.69) is 39.1 Å². The van der Waals surface area contributed by atoms with Crippen LogP contribution in [-0.2, 0) is 6.54 Å². The molecule has 0 aromatic heterocycles. The van der Waals surface area contributed by atoms with Crippen LogP contribution in [0.3, 0.4) is 0 Å². The van der Waals surface area contributed by atoms with E-state index in [1.165, 1.54) is 22.8 Å². The Morgan fingerprint density at radius 3 is 2.13 bits per heavy atom. The fourth-order valence-corrected chi connectivity index (χ4v) is 4.50. The molecule has 2 N–H and O–H groups in total. The summed E-state index contributed by atoms with van der Waals surface area (Å²) in [5, 5.41) is 0. The standard InChI is InChI=1S/C16H24N4S2.HI/c17-16(20-7-11-22-12-8-20)18-13-14-1-3-15(4-2-14)19-5-9-21-10-6-19;/h1-4H,5-13H2,(H2,17,18);1H. The molecular formula is C16H25IN4S2. The first-order chi connectivity index (χ1) is 10.8. The molecule has 2 aliphatic rings. The van der Waals surface area contributed by atoms with Crippen LogP contribution in [0.15, 0.2) is 29.3 Å². The lowest BCUT2D eigenvalue weighted by Crippen LogP contribution is -2.42. The second kappa shape index (κ2) is 9.88.